The van der Waals surface area contributed by atoms with Crippen molar-refractivity contribution in [2.45, 2.75) is 19.4 Å². The van der Waals surface area contributed by atoms with Crippen molar-refractivity contribution >= 4 is 17.5 Å². The molecule has 0 radical (unpaired) electrons. The molecule has 0 spiro atoms. The average molecular weight is 256 g/mol. The summed E-state index contributed by atoms with van der Waals surface area (Å²) in [5.74, 6) is 0.0236. The standard InChI is InChI=1S/C11H14ClN3O2/c1-7-2-3-15(6-9(7)16)11(17)8-4-14-10(12)5-13-8/h4-5,7,9,16H,2-3,6H2,1H3. The minimum absolute atomic E-state index is 0.208. The molecule has 0 bridgehead atoms. The van der Waals surface area contributed by atoms with Crippen molar-refractivity contribution < 1.29 is 9.90 Å². The molecule has 2 rings (SSSR count). The van der Waals surface area contributed by atoms with Gasteiger partial charge < -0.3 is 10.0 Å². The lowest BCUT2D eigenvalue weighted by molar-refractivity contribution is 0.0245. The minimum atomic E-state index is -0.465. The highest BCUT2D eigenvalue weighted by atomic mass is 35.5. The largest absolute Gasteiger partial charge is 0.391 e. The molecule has 1 aromatic heterocycles. The maximum absolute atomic E-state index is 12.0. The molecule has 2 atom stereocenters. The van der Waals surface area contributed by atoms with Crippen LogP contribution in [0.15, 0.2) is 12.4 Å². The van der Waals surface area contributed by atoms with Crippen molar-refractivity contribution in [1.82, 2.24) is 14.9 Å². The number of β-amino-alcohol motifs (C(OH)–C–C–N with tert-alkyl or cyclic N) is 1. The van der Waals surface area contributed by atoms with Crippen molar-refractivity contribution in [3.05, 3.63) is 23.2 Å². The molecule has 0 saturated carbocycles. The van der Waals surface area contributed by atoms with E-state index in [1.165, 1.54) is 12.4 Å². The summed E-state index contributed by atoms with van der Waals surface area (Å²) in [6, 6.07) is 0. The molecule has 0 aromatic carbocycles. The first-order valence-electron chi connectivity index (χ1n) is 5.53. The van der Waals surface area contributed by atoms with E-state index >= 15 is 0 Å². The molecule has 1 amide bonds. The quantitative estimate of drug-likeness (QED) is 0.812. The number of likely N-dealkylation sites (tertiary alicyclic amines) is 1. The first-order valence-corrected chi connectivity index (χ1v) is 5.90. The Morgan fingerprint density at radius 2 is 2.29 bits per heavy atom. The number of hydrogen-bond acceptors (Lipinski definition) is 4. The van der Waals surface area contributed by atoms with E-state index in [9.17, 15) is 9.90 Å². The summed E-state index contributed by atoms with van der Waals surface area (Å²) in [5, 5.41) is 10.00. The molecule has 1 aromatic rings. The summed E-state index contributed by atoms with van der Waals surface area (Å²) in [6.45, 7) is 2.97. The first kappa shape index (κ1) is 12.3. The number of carbonyl (C=O) groups excluding carboxylic acids is 1. The fourth-order valence-corrected chi connectivity index (χ4v) is 1.92. The van der Waals surface area contributed by atoms with Crippen LogP contribution in [0.1, 0.15) is 23.8 Å². The molecule has 92 valence electrons. The van der Waals surface area contributed by atoms with Crippen LogP contribution >= 0.6 is 11.6 Å². The molecule has 6 heteroatoms. The normalized spacial score (nSPS) is 24.8. The Hall–Kier alpha value is -1.20. The topological polar surface area (TPSA) is 66.3 Å². The molecule has 1 saturated heterocycles. The number of amides is 1. The molecular weight excluding hydrogens is 242 g/mol. The molecule has 0 aliphatic carbocycles. The molecule has 2 unspecified atom stereocenters. The van der Waals surface area contributed by atoms with E-state index in [0.717, 1.165) is 6.42 Å². The summed E-state index contributed by atoms with van der Waals surface area (Å²) in [4.78, 5) is 21.4. The lowest BCUT2D eigenvalue weighted by Crippen LogP contribution is -2.46. The lowest BCUT2D eigenvalue weighted by Gasteiger charge is -2.33. The maximum atomic E-state index is 12.0. The summed E-state index contributed by atoms with van der Waals surface area (Å²) >= 11 is 5.61. The maximum Gasteiger partial charge on any atom is 0.274 e. The number of aromatic nitrogens is 2. The van der Waals surface area contributed by atoms with Crippen molar-refractivity contribution in [1.29, 1.82) is 0 Å². The van der Waals surface area contributed by atoms with E-state index in [2.05, 4.69) is 9.97 Å². The number of rotatable bonds is 1. The Labute approximate surface area is 104 Å². The van der Waals surface area contributed by atoms with Crippen LogP contribution < -0.4 is 0 Å². The predicted octanol–water partition coefficient (Wildman–Crippen LogP) is 0.973. The highest BCUT2D eigenvalue weighted by Crippen LogP contribution is 2.18. The molecule has 1 aliphatic heterocycles. The van der Waals surface area contributed by atoms with Crippen LogP contribution in [0.2, 0.25) is 5.15 Å². The summed E-state index contributed by atoms with van der Waals surface area (Å²) in [7, 11) is 0. The van der Waals surface area contributed by atoms with Crippen LogP contribution in [0.25, 0.3) is 0 Å². The van der Waals surface area contributed by atoms with E-state index in [-0.39, 0.29) is 22.7 Å². The van der Waals surface area contributed by atoms with Crippen molar-refractivity contribution in [3.8, 4) is 0 Å². The number of halogens is 1. The first-order chi connectivity index (χ1) is 8.08. The number of hydrogen-bond donors (Lipinski definition) is 1. The lowest BCUT2D eigenvalue weighted by atomic mass is 9.96. The number of aliphatic hydroxyl groups excluding tert-OH is 1. The van der Waals surface area contributed by atoms with Crippen molar-refractivity contribution in [2.24, 2.45) is 5.92 Å². The van der Waals surface area contributed by atoms with E-state index < -0.39 is 6.10 Å². The molecular formula is C11H14ClN3O2. The van der Waals surface area contributed by atoms with E-state index in [1.807, 2.05) is 6.92 Å². The molecule has 5 nitrogen and oxygen atoms in total. The van der Waals surface area contributed by atoms with Gasteiger partial charge in [0.2, 0.25) is 0 Å². The second kappa shape index (κ2) is 4.98. The SMILES string of the molecule is CC1CCN(C(=O)c2cnc(Cl)cn2)CC1O. The van der Waals surface area contributed by atoms with Gasteiger partial charge in [0.1, 0.15) is 10.8 Å². The highest BCUT2D eigenvalue weighted by Gasteiger charge is 2.28. The summed E-state index contributed by atoms with van der Waals surface area (Å²) in [6.07, 6.45) is 3.04. The van der Waals surface area contributed by atoms with Gasteiger partial charge in [0.15, 0.2) is 0 Å². The van der Waals surface area contributed by atoms with Gasteiger partial charge in [-0.3, -0.25) is 4.79 Å². The highest BCUT2D eigenvalue weighted by molar-refractivity contribution is 6.29. The van der Waals surface area contributed by atoms with Gasteiger partial charge in [0, 0.05) is 13.1 Å². The Kier molecular flexibility index (Phi) is 3.59. The van der Waals surface area contributed by atoms with Crippen LogP contribution in [0.4, 0.5) is 0 Å². The van der Waals surface area contributed by atoms with Crippen LogP contribution in [-0.4, -0.2) is 45.1 Å². The fraction of sp³-hybridized carbons (Fsp3) is 0.545. The molecule has 1 N–H and O–H groups in total. The Morgan fingerprint density at radius 3 is 2.88 bits per heavy atom. The summed E-state index contributed by atoms with van der Waals surface area (Å²) in [5.41, 5.74) is 0.260. The predicted molar refractivity (Wildman–Crippen MR) is 62.7 cm³/mol. The third-order valence-corrected chi connectivity index (χ3v) is 3.24. The van der Waals surface area contributed by atoms with Crippen LogP contribution in [-0.2, 0) is 0 Å². The second-order valence-electron chi connectivity index (χ2n) is 4.31. The smallest absolute Gasteiger partial charge is 0.274 e. The van der Waals surface area contributed by atoms with E-state index in [4.69, 9.17) is 11.6 Å². The molecule has 17 heavy (non-hydrogen) atoms. The van der Waals surface area contributed by atoms with E-state index in [0.29, 0.717) is 13.1 Å². The number of nitrogens with zero attached hydrogens (tertiary/aromatic N) is 3. The number of carbonyl (C=O) groups is 1. The van der Waals surface area contributed by atoms with Gasteiger partial charge >= 0.3 is 0 Å². The third kappa shape index (κ3) is 2.73. The minimum Gasteiger partial charge on any atom is -0.391 e. The van der Waals surface area contributed by atoms with Crippen LogP contribution in [0.3, 0.4) is 0 Å². The van der Waals surface area contributed by atoms with Gasteiger partial charge in [-0.2, -0.15) is 0 Å². The van der Waals surface area contributed by atoms with Gasteiger partial charge in [-0.25, -0.2) is 9.97 Å². The van der Waals surface area contributed by atoms with Gasteiger partial charge in [-0.15, -0.1) is 0 Å². The monoisotopic (exact) mass is 255 g/mol. The van der Waals surface area contributed by atoms with E-state index in [1.54, 1.807) is 4.90 Å². The van der Waals surface area contributed by atoms with Crippen molar-refractivity contribution in [2.75, 3.05) is 13.1 Å². The molecule has 1 fully saturated rings. The van der Waals surface area contributed by atoms with Crippen LogP contribution in [0.5, 0.6) is 0 Å². The zero-order valence-corrected chi connectivity index (χ0v) is 10.3. The number of aliphatic hydroxyl groups is 1. The number of piperidine rings is 1. The van der Waals surface area contributed by atoms with Gasteiger partial charge in [-0.1, -0.05) is 18.5 Å². The van der Waals surface area contributed by atoms with Gasteiger partial charge in [0.25, 0.3) is 5.91 Å². The Morgan fingerprint density at radius 1 is 1.53 bits per heavy atom. The third-order valence-electron chi connectivity index (χ3n) is 3.05. The van der Waals surface area contributed by atoms with Crippen LogP contribution in [0, 0.1) is 5.92 Å². The Bertz CT molecular complexity index is 410. The zero-order chi connectivity index (χ0) is 12.4. The van der Waals surface area contributed by atoms with Crippen molar-refractivity contribution in [3.63, 3.8) is 0 Å². The van der Waals surface area contributed by atoms with Gasteiger partial charge in [0.05, 0.1) is 18.5 Å². The Balaban J connectivity index is 2.08. The summed E-state index contributed by atoms with van der Waals surface area (Å²) < 4.78 is 0. The average Bonchev–Trinajstić information content (AvgIpc) is 2.33. The van der Waals surface area contributed by atoms with Gasteiger partial charge in [-0.05, 0) is 12.3 Å². The molecule has 1 aliphatic rings. The zero-order valence-electron chi connectivity index (χ0n) is 9.51. The second-order valence-corrected chi connectivity index (χ2v) is 4.70. The fourth-order valence-electron chi connectivity index (χ4n) is 1.82. The molecule has 2 heterocycles.